The first-order chi connectivity index (χ1) is 13.7. The lowest BCUT2D eigenvalue weighted by Crippen LogP contribution is -2.37. The summed E-state index contributed by atoms with van der Waals surface area (Å²) in [5.74, 6) is -0.854. The largest absolute Gasteiger partial charge is 0.399 e. The quantitative estimate of drug-likeness (QED) is 0.557. The van der Waals surface area contributed by atoms with Gasteiger partial charge in [-0.2, -0.15) is 0 Å². The van der Waals surface area contributed by atoms with Crippen LogP contribution < -0.4 is 11.5 Å². The predicted molar refractivity (Wildman–Crippen MR) is 120 cm³/mol. The van der Waals surface area contributed by atoms with Gasteiger partial charge < -0.3 is 5.73 Å². The van der Waals surface area contributed by atoms with E-state index in [1.165, 1.54) is 48.0 Å². The second-order valence-corrected chi connectivity index (χ2v) is 10.0. The molecule has 4 rings (SSSR count). The summed E-state index contributed by atoms with van der Waals surface area (Å²) < 4.78 is 15.2. The summed E-state index contributed by atoms with van der Waals surface area (Å²) in [5.41, 5.74) is 19.8. The average Bonchev–Trinajstić information content (AvgIpc) is 3.44. The van der Waals surface area contributed by atoms with Gasteiger partial charge in [-0.25, -0.2) is 4.39 Å². The Balaban J connectivity index is 1.84. The summed E-state index contributed by atoms with van der Waals surface area (Å²) in [6.45, 7) is 8.36. The summed E-state index contributed by atoms with van der Waals surface area (Å²) in [7, 11) is 0. The molecule has 0 heterocycles. The predicted octanol–water partition coefficient (Wildman–Crippen LogP) is 6.52. The molecule has 2 nitrogen and oxygen atoms in total. The van der Waals surface area contributed by atoms with Gasteiger partial charge in [-0.3, -0.25) is 5.73 Å². The van der Waals surface area contributed by atoms with Gasteiger partial charge in [-0.15, -0.1) is 0 Å². The highest BCUT2D eigenvalue weighted by atomic mass is 19.1. The number of hydrogen-bond donors (Lipinski definition) is 2. The lowest BCUT2D eigenvalue weighted by Gasteiger charge is -2.32. The van der Waals surface area contributed by atoms with E-state index >= 15 is 4.39 Å². The van der Waals surface area contributed by atoms with Crippen LogP contribution in [-0.2, 0) is 5.79 Å². The maximum Gasteiger partial charge on any atom is 0.187 e. The smallest absolute Gasteiger partial charge is 0.187 e. The SMILES string of the molecule is CCC1(CC)C/C(=C\C(N)=C2CCC2)c2ccc(C(N)(F)C(C)C)cc2C2CC21. The van der Waals surface area contributed by atoms with Crippen molar-refractivity contribution in [1.82, 2.24) is 0 Å². The molecule has 0 aromatic heterocycles. The molecule has 0 bridgehead atoms. The molecule has 0 spiro atoms. The second-order valence-electron chi connectivity index (χ2n) is 10.0. The number of nitrogens with two attached hydrogens (primary N) is 2. The fraction of sp³-hybridized carbons (Fsp3) is 0.615. The number of halogens is 1. The van der Waals surface area contributed by atoms with E-state index in [1.807, 2.05) is 19.9 Å². The van der Waals surface area contributed by atoms with E-state index in [0.29, 0.717) is 22.8 Å². The third-order valence-corrected chi connectivity index (χ3v) is 8.30. The van der Waals surface area contributed by atoms with Crippen LogP contribution in [0.25, 0.3) is 5.57 Å². The van der Waals surface area contributed by atoms with Crippen molar-refractivity contribution in [3.63, 3.8) is 0 Å². The Kier molecular flexibility index (Phi) is 5.17. The van der Waals surface area contributed by atoms with Gasteiger partial charge >= 0.3 is 0 Å². The Bertz CT molecular complexity index is 851. The molecule has 4 N–H and O–H groups in total. The number of hydrogen-bond acceptors (Lipinski definition) is 2. The highest BCUT2D eigenvalue weighted by molar-refractivity contribution is 5.74. The first-order valence-corrected chi connectivity index (χ1v) is 11.5. The molecule has 0 radical (unpaired) electrons. The molecule has 2 saturated carbocycles. The van der Waals surface area contributed by atoms with Gasteiger partial charge in [-0.05, 0) is 90.5 Å². The molecule has 0 amide bonds. The third-order valence-electron chi connectivity index (χ3n) is 8.30. The summed E-state index contributed by atoms with van der Waals surface area (Å²) in [6.07, 6.45) is 10.4. The Labute approximate surface area is 175 Å². The molecule has 3 atom stereocenters. The monoisotopic (exact) mass is 396 g/mol. The van der Waals surface area contributed by atoms with Crippen molar-refractivity contribution in [1.29, 1.82) is 0 Å². The van der Waals surface area contributed by atoms with E-state index in [9.17, 15) is 0 Å². The normalized spacial score (nSPS) is 28.2. The average molecular weight is 397 g/mol. The van der Waals surface area contributed by atoms with Crippen LogP contribution >= 0.6 is 0 Å². The van der Waals surface area contributed by atoms with E-state index in [1.54, 1.807) is 0 Å². The molecular weight excluding hydrogens is 359 g/mol. The summed E-state index contributed by atoms with van der Waals surface area (Å²) in [6, 6.07) is 6.10. The van der Waals surface area contributed by atoms with Crippen molar-refractivity contribution < 1.29 is 4.39 Å². The molecule has 3 aliphatic rings. The van der Waals surface area contributed by atoms with E-state index in [-0.39, 0.29) is 5.92 Å². The molecule has 29 heavy (non-hydrogen) atoms. The maximum atomic E-state index is 15.2. The van der Waals surface area contributed by atoms with Crippen LogP contribution in [0, 0.1) is 17.3 Å². The molecule has 3 aliphatic carbocycles. The van der Waals surface area contributed by atoms with Gasteiger partial charge in [0.05, 0.1) is 0 Å². The molecule has 3 unspecified atom stereocenters. The number of rotatable bonds is 5. The minimum absolute atomic E-state index is 0.263. The van der Waals surface area contributed by atoms with Crippen LogP contribution in [0.5, 0.6) is 0 Å². The topological polar surface area (TPSA) is 52.0 Å². The standard InChI is InChI=1S/C26H37FN2/c1-5-25(6-2)15-18(12-24(28)17-8-7-9-17)20-11-10-19(26(27,29)16(3)4)13-21(20)22-14-23(22)25/h10-13,16,22-23H,5-9,14-15,28-29H2,1-4H3/b18-12+. The number of benzene rings is 1. The second kappa shape index (κ2) is 7.27. The minimum Gasteiger partial charge on any atom is -0.399 e. The molecule has 0 aliphatic heterocycles. The zero-order chi connectivity index (χ0) is 21.0. The van der Waals surface area contributed by atoms with E-state index in [2.05, 4.69) is 32.1 Å². The van der Waals surface area contributed by atoms with Crippen LogP contribution in [0.4, 0.5) is 4.39 Å². The van der Waals surface area contributed by atoms with E-state index in [0.717, 1.165) is 25.0 Å². The Morgan fingerprint density at radius 3 is 2.52 bits per heavy atom. The lowest BCUT2D eigenvalue weighted by atomic mass is 9.72. The highest BCUT2D eigenvalue weighted by Crippen LogP contribution is 2.65. The summed E-state index contributed by atoms with van der Waals surface area (Å²) in [5, 5.41) is 0. The Morgan fingerprint density at radius 2 is 1.97 bits per heavy atom. The van der Waals surface area contributed by atoms with E-state index in [4.69, 9.17) is 11.5 Å². The van der Waals surface area contributed by atoms with Gasteiger partial charge in [0.15, 0.2) is 5.79 Å². The highest BCUT2D eigenvalue weighted by Gasteiger charge is 2.54. The molecule has 2 fully saturated rings. The van der Waals surface area contributed by atoms with Crippen molar-refractivity contribution in [2.75, 3.05) is 0 Å². The van der Waals surface area contributed by atoms with E-state index < -0.39 is 5.79 Å². The number of fused-ring (bicyclic) bond motifs is 3. The molecule has 3 heteroatoms. The van der Waals surface area contributed by atoms with Crippen molar-refractivity contribution in [3.8, 4) is 0 Å². The van der Waals surface area contributed by atoms with Crippen LogP contribution in [0.15, 0.2) is 35.5 Å². The molecule has 0 saturated heterocycles. The van der Waals surface area contributed by atoms with Gasteiger partial charge in [0.1, 0.15) is 0 Å². The zero-order valence-electron chi connectivity index (χ0n) is 18.5. The fourth-order valence-corrected chi connectivity index (χ4v) is 5.64. The molecule has 1 aromatic carbocycles. The van der Waals surface area contributed by atoms with Crippen LogP contribution in [0.3, 0.4) is 0 Å². The van der Waals surface area contributed by atoms with Crippen molar-refractivity contribution in [2.24, 2.45) is 28.7 Å². The Hall–Kier alpha value is -1.61. The number of alkyl halides is 1. The fourth-order valence-electron chi connectivity index (χ4n) is 5.64. The van der Waals surface area contributed by atoms with Gasteiger partial charge in [0.2, 0.25) is 0 Å². The zero-order valence-corrected chi connectivity index (χ0v) is 18.5. The van der Waals surface area contributed by atoms with Crippen molar-refractivity contribution in [2.45, 2.75) is 84.4 Å². The molecule has 158 valence electrons. The first kappa shape index (κ1) is 20.7. The lowest BCUT2D eigenvalue weighted by molar-refractivity contribution is 0.107. The minimum atomic E-state index is -1.80. The van der Waals surface area contributed by atoms with Crippen molar-refractivity contribution >= 4 is 5.57 Å². The third kappa shape index (κ3) is 3.36. The first-order valence-electron chi connectivity index (χ1n) is 11.5. The van der Waals surface area contributed by atoms with Crippen molar-refractivity contribution in [3.05, 3.63) is 52.2 Å². The molecule has 1 aromatic rings. The summed E-state index contributed by atoms with van der Waals surface area (Å²) >= 11 is 0. The van der Waals surface area contributed by atoms with Gasteiger partial charge in [-0.1, -0.05) is 45.9 Å². The van der Waals surface area contributed by atoms with Crippen LogP contribution in [-0.4, -0.2) is 0 Å². The summed E-state index contributed by atoms with van der Waals surface area (Å²) in [4.78, 5) is 0. The number of allylic oxidation sites excluding steroid dienone is 3. The van der Waals surface area contributed by atoms with Crippen LogP contribution in [0.1, 0.15) is 95.2 Å². The molecular formula is C26H37FN2. The maximum absolute atomic E-state index is 15.2. The van der Waals surface area contributed by atoms with Gasteiger partial charge in [0.25, 0.3) is 0 Å². The Morgan fingerprint density at radius 1 is 1.28 bits per heavy atom. The van der Waals surface area contributed by atoms with Crippen LogP contribution in [0.2, 0.25) is 0 Å². The van der Waals surface area contributed by atoms with Gasteiger partial charge in [0, 0.05) is 17.2 Å².